The van der Waals surface area contributed by atoms with E-state index in [0.717, 1.165) is 12.8 Å². The van der Waals surface area contributed by atoms with Crippen LogP contribution in [0.15, 0.2) is 30.5 Å². The molecule has 0 spiro atoms. The van der Waals surface area contributed by atoms with Crippen LogP contribution in [-0.4, -0.2) is 63.7 Å². The van der Waals surface area contributed by atoms with Crippen LogP contribution >= 0.6 is 11.6 Å². The topological polar surface area (TPSA) is 95.5 Å². The Kier molecular flexibility index (Phi) is 6.18. The molecule has 3 amide bonds. The van der Waals surface area contributed by atoms with E-state index in [2.05, 4.69) is 15.3 Å². The fourth-order valence-electron chi connectivity index (χ4n) is 3.97. The predicted octanol–water partition coefficient (Wildman–Crippen LogP) is 2.63. The fourth-order valence-corrected chi connectivity index (χ4v) is 4.09. The molecular formula is C22H24ClN5O3. The van der Waals surface area contributed by atoms with Gasteiger partial charge in [-0.3, -0.25) is 14.4 Å². The van der Waals surface area contributed by atoms with Crippen molar-refractivity contribution in [2.75, 3.05) is 31.5 Å². The number of aromatic nitrogens is 2. The second kappa shape index (κ2) is 9.01. The number of nitrogens with zero attached hydrogens (tertiary/aromatic N) is 4. The van der Waals surface area contributed by atoms with Crippen LogP contribution in [-0.2, 0) is 9.59 Å². The number of anilines is 1. The van der Waals surface area contributed by atoms with Gasteiger partial charge in [0.25, 0.3) is 5.91 Å². The molecule has 1 atom stereocenters. The van der Waals surface area contributed by atoms with Crippen LogP contribution in [0.25, 0.3) is 0 Å². The maximum atomic E-state index is 12.6. The van der Waals surface area contributed by atoms with Gasteiger partial charge >= 0.3 is 0 Å². The van der Waals surface area contributed by atoms with Crippen molar-refractivity contribution in [2.45, 2.75) is 32.1 Å². The minimum Gasteiger partial charge on any atom is -0.340 e. The maximum Gasteiger partial charge on any atom is 0.259 e. The minimum absolute atomic E-state index is 0.0188. The van der Waals surface area contributed by atoms with E-state index in [-0.39, 0.29) is 30.2 Å². The molecule has 1 aromatic carbocycles. The highest BCUT2D eigenvalue weighted by molar-refractivity contribution is 6.30. The summed E-state index contributed by atoms with van der Waals surface area (Å²) in [5.74, 6) is 0.382. The summed E-state index contributed by atoms with van der Waals surface area (Å²) in [6.07, 6.45) is 3.65. The summed E-state index contributed by atoms with van der Waals surface area (Å²) in [4.78, 5) is 49.3. The Morgan fingerprint density at radius 1 is 1.23 bits per heavy atom. The van der Waals surface area contributed by atoms with E-state index in [1.54, 1.807) is 41.0 Å². The second-order valence-corrected chi connectivity index (χ2v) is 8.37. The Morgan fingerprint density at radius 2 is 2.00 bits per heavy atom. The molecule has 31 heavy (non-hydrogen) atoms. The molecule has 0 aliphatic carbocycles. The van der Waals surface area contributed by atoms with E-state index in [1.807, 2.05) is 0 Å². The van der Waals surface area contributed by atoms with Crippen molar-refractivity contribution >= 4 is 35.0 Å². The van der Waals surface area contributed by atoms with Crippen molar-refractivity contribution in [1.82, 2.24) is 19.8 Å². The Morgan fingerprint density at radius 3 is 2.68 bits per heavy atom. The third-order valence-corrected chi connectivity index (χ3v) is 6.00. The maximum absolute atomic E-state index is 12.6. The van der Waals surface area contributed by atoms with Gasteiger partial charge < -0.3 is 15.1 Å². The van der Waals surface area contributed by atoms with Crippen LogP contribution in [0, 0.1) is 6.92 Å². The van der Waals surface area contributed by atoms with Gasteiger partial charge in [0.2, 0.25) is 11.8 Å². The summed E-state index contributed by atoms with van der Waals surface area (Å²) in [6.45, 7) is 3.72. The summed E-state index contributed by atoms with van der Waals surface area (Å²) in [7, 11) is 0. The first-order valence-corrected chi connectivity index (χ1v) is 10.7. The van der Waals surface area contributed by atoms with Gasteiger partial charge in [0.1, 0.15) is 5.82 Å². The van der Waals surface area contributed by atoms with Gasteiger partial charge in [0.15, 0.2) is 0 Å². The van der Waals surface area contributed by atoms with Crippen LogP contribution in [0.3, 0.4) is 0 Å². The zero-order valence-corrected chi connectivity index (χ0v) is 18.1. The van der Waals surface area contributed by atoms with E-state index in [4.69, 9.17) is 11.6 Å². The lowest BCUT2D eigenvalue weighted by atomic mass is 10.1. The van der Waals surface area contributed by atoms with Crippen molar-refractivity contribution in [2.24, 2.45) is 0 Å². The number of benzene rings is 1. The van der Waals surface area contributed by atoms with Crippen LogP contribution in [0.5, 0.6) is 0 Å². The number of halogens is 1. The zero-order valence-electron chi connectivity index (χ0n) is 17.3. The van der Waals surface area contributed by atoms with Crippen LogP contribution in [0.2, 0.25) is 5.02 Å². The lowest BCUT2D eigenvalue weighted by Crippen LogP contribution is -2.39. The molecule has 162 valence electrons. The normalized spacial score (nSPS) is 18.5. The largest absolute Gasteiger partial charge is 0.340 e. The van der Waals surface area contributed by atoms with Crippen LogP contribution in [0.1, 0.15) is 47.1 Å². The Labute approximate surface area is 185 Å². The lowest BCUT2D eigenvalue weighted by Gasteiger charge is -2.21. The van der Waals surface area contributed by atoms with Crippen LogP contribution < -0.4 is 5.32 Å². The van der Waals surface area contributed by atoms with Crippen molar-refractivity contribution in [3.63, 3.8) is 0 Å². The average molecular weight is 442 g/mol. The number of rotatable bonds is 5. The first-order valence-electron chi connectivity index (χ1n) is 10.4. The fraction of sp³-hybridized carbons (Fsp3) is 0.409. The number of aryl methyl sites for hydroxylation is 1. The molecule has 2 aromatic rings. The summed E-state index contributed by atoms with van der Waals surface area (Å²) < 4.78 is 0. The third-order valence-electron chi connectivity index (χ3n) is 5.75. The summed E-state index contributed by atoms with van der Waals surface area (Å²) >= 11 is 5.87. The van der Waals surface area contributed by atoms with Crippen molar-refractivity contribution < 1.29 is 14.4 Å². The zero-order chi connectivity index (χ0) is 22.0. The van der Waals surface area contributed by atoms with E-state index in [9.17, 15) is 14.4 Å². The molecule has 1 N–H and O–H groups in total. The third kappa shape index (κ3) is 4.85. The van der Waals surface area contributed by atoms with Gasteiger partial charge in [-0.1, -0.05) is 11.6 Å². The van der Waals surface area contributed by atoms with E-state index in [0.29, 0.717) is 53.8 Å². The number of carbonyl (C=O) groups is 3. The molecule has 8 nitrogen and oxygen atoms in total. The number of likely N-dealkylation sites (tertiary alicyclic amines) is 2. The molecule has 4 rings (SSSR count). The van der Waals surface area contributed by atoms with Gasteiger partial charge in [0.05, 0.1) is 17.8 Å². The summed E-state index contributed by atoms with van der Waals surface area (Å²) in [6, 6.07) is 6.86. The number of hydrogen-bond acceptors (Lipinski definition) is 5. The molecule has 2 saturated heterocycles. The van der Waals surface area contributed by atoms with Gasteiger partial charge in [-0.25, -0.2) is 9.97 Å². The molecule has 0 unspecified atom stereocenters. The molecule has 0 bridgehead atoms. The van der Waals surface area contributed by atoms with Crippen molar-refractivity contribution in [1.29, 1.82) is 0 Å². The first-order chi connectivity index (χ1) is 14.9. The van der Waals surface area contributed by atoms with Crippen molar-refractivity contribution in [3.8, 4) is 0 Å². The van der Waals surface area contributed by atoms with E-state index >= 15 is 0 Å². The Hall–Kier alpha value is -3.00. The standard InChI is InChI=1S/C22H24ClN5O3/c1-14-18(22(31)26-17-6-4-16(23)5-7-17)11-24-21(25-14)15-8-10-28(12-15)20(30)13-27-9-2-3-19(27)29/h4-7,11,15H,2-3,8-10,12-13H2,1H3,(H,26,31)/t15-/m1/s1. The molecule has 1 aromatic heterocycles. The van der Waals surface area contributed by atoms with Gasteiger partial charge in [-0.05, 0) is 44.0 Å². The molecule has 9 heteroatoms. The first kappa shape index (κ1) is 21.2. The molecule has 0 radical (unpaired) electrons. The number of amides is 3. The van der Waals surface area contributed by atoms with Crippen LogP contribution in [0.4, 0.5) is 5.69 Å². The second-order valence-electron chi connectivity index (χ2n) is 7.93. The Balaban J connectivity index is 1.37. The number of nitrogens with one attached hydrogen (secondary N) is 1. The highest BCUT2D eigenvalue weighted by Gasteiger charge is 2.32. The highest BCUT2D eigenvalue weighted by Crippen LogP contribution is 2.26. The molecule has 2 aliphatic rings. The molecular weight excluding hydrogens is 418 g/mol. The van der Waals surface area contributed by atoms with Gasteiger partial charge in [0, 0.05) is 48.9 Å². The van der Waals surface area contributed by atoms with Crippen molar-refractivity contribution in [3.05, 3.63) is 52.6 Å². The smallest absolute Gasteiger partial charge is 0.259 e. The summed E-state index contributed by atoms with van der Waals surface area (Å²) in [5.41, 5.74) is 1.63. The monoisotopic (exact) mass is 441 g/mol. The van der Waals surface area contributed by atoms with E-state index < -0.39 is 0 Å². The van der Waals surface area contributed by atoms with Gasteiger partial charge in [-0.15, -0.1) is 0 Å². The Bertz CT molecular complexity index is 1010. The molecule has 0 saturated carbocycles. The molecule has 2 fully saturated rings. The lowest BCUT2D eigenvalue weighted by molar-refractivity contribution is -0.137. The molecule has 3 heterocycles. The van der Waals surface area contributed by atoms with E-state index in [1.165, 1.54) is 6.20 Å². The SMILES string of the molecule is Cc1nc([C@@H]2CCN(C(=O)CN3CCCC3=O)C2)ncc1C(=O)Nc1ccc(Cl)cc1. The minimum atomic E-state index is -0.287. The summed E-state index contributed by atoms with van der Waals surface area (Å²) in [5, 5.41) is 3.41. The average Bonchev–Trinajstić information content (AvgIpc) is 3.39. The quantitative estimate of drug-likeness (QED) is 0.769. The van der Waals surface area contributed by atoms with Gasteiger partial charge in [-0.2, -0.15) is 0 Å². The number of hydrogen-bond donors (Lipinski definition) is 1. The molecule has 2 aliphatic heterocycles. The highest BCUT2D eigenvalue weighted by atomic mass is 35.5. The predicted molar refractivity (Wildman–Crippen MR) is 116 cm³/mol. The number of carbonyl (C=O) groups excluding carboxylic acids is 3.